The Labute approximate surface area is 845 Å². The number of fused-ring (bicyclic) bond motifs is 7. The monoisotopic (exact) mass is 2160 g/mol. The van der Waals surface area contributed by atoms with E-state index in [2.05, 4.69) is 213 Å². The molecule has 0 saturated carbocycles. The fourth-order valence-electron chi connectivity index (χ4n) is 12.6. The Kier molecular flexibility index (Phi) is 41.6. The number of terminal acetylenes is 1. The topological polar surface area (TPSA) is 543 Å². The predicted octanol–water partition coefficient (Wildman–Crippen LogP) is 21.2. The van der Waals surface area contributed by atoms with Gasteiger partial charge in [0.15, 0.2) is 0 Å². The van der Waals surface area contributed by atoms with Crippen LogP contribution < -0.4 is 22.9 Å². The van der Waals surface area contributed by atoms with Crippen LogP contribution in [0.1, 0.15) is 62.7 Å². The minimum absolute atomic E-state index is 0.000741. The van der Waals surface area contributed by atoms with Crippen molar-refractivity contribution in [3.05, 3.63) is 227 Å². The molecule has 0 aromatic carbocycles. The number of nitrogen functional groups attached to an aromatic ring is 4. The Balaban J connectivity index is 0.000000221. The second kappa shape index (κ2) is 51.0. The maximum absolute atomic E-state index is 11.6. The molecule has 0 fully saturated rings. The minimum atomic E-state index is -1.54. The summed E-state index contributed by atoms with van der Waals surface area (Å²) >= 11 is 1.91. The van der Waals surface area contributed by atoms with E-state index < -0.39 is 73.1 Å². The highest BCUT2D eigenvalue weighted by molar-refractivity contribution is 14.1. The van der Waals surface area contributed by atoms with E-state index in [4.69, 9.17) is 48.3 Å². The highest BCUT2D eigenvalue weighted by atomic mass is 127. The van der Waals surface area contributed by atoms with Gasteiger partial charge in [0.1, 0.15) is 123 Å². The molecule has 1 aliphatic rings. The molecule has 40 nitrogen and oxygen atoms in total. The number of hydrogen-bond acceptors (Lipinski definition) is 29. The molecule has 0 bridgehead atoms. The number of nitro groups is 5. The van der Waals surface area contributed by atoms with Crippen LogP contribution in [0.15, 0.2) is 127 Å². The van der Waals surface area contributed by atoms with Gasteiger partial charge in [-0.1, -0.05) is 124 Å². The number of hydrogen-bond donors (Lipinski definition) is 5. The molecular weight excluding hydrogens is 2030 g/mol. The second-order valence-corrected chi connectivity index (χ2v) is 73.6. The lowest BCUT2D eigenvalue weighted by Crippen LogP contribution is -2.22. The van der Waals surface area contributed by atoms with Crippen LogP contribution in [0.3, 0.4) is 0 Å². The van der Waals surface area contributed by atoms with E-state index in [1.165, 1.54) is 65.0 Å². The van der Waals surface area contributed by atoms with Crippen LogP contribution in [0.4, 0.5) is 51.6 Å². The molecule has 9 N–H and O–H groups in total. The number of ether oxygens (including phenoxy) is 4. The first kappa shape index (κ1) is 116. The van der Waals surface area contributed by atoms with E-state index in [0.717, 1.165) is 117 Å². The molecule has 15 rings (SSSR count). The van der Waals surface area contributed by atoms with E-state index in [9.17, 15) is 55.4 Å². The smallest absolute Gasteiger partial charge is 0.291 e. The van der Waals surface area contributed by atoms with Gasteiger partial charge in [-0.15, -0.1) is 17.5 Å². The van der Waals surface area contributed by atoms with Gasteiger partial charge in [-0.2, -0.15) is 9.78 Å². The zero-order chi connectivity index (χ0) is 106. The van der Waals surface area contributed by atoms with Gasteiger partial charge in [0.25, 0.3) is 28.4 Å². The van der Waals surface area contributed by atoms with Crippen molar-refractivity contribution in [3.63, 3.8) is 0 Å². The molecule has 0 saturated heterocycles. The summed E-state index contributed by atoms with van der Waals surface area (Å²) in [6.07, 6.45) is 18.2. The van der Waals surface area contributed by atoms with Crippen LogP contribution in [0, 0.1) is 119 Å². The number of halogens is 1. The fraction of sp³-hybridized carbons (Fsp3) is 0.400. The van der Waals surface area contributed by atoms with Crippen molar-refractivity contribution >= 4 is 201 Å². The summed E-state index contributed by atoms with van der Waals surface area (Å²) < 4.78 is 33.0. The van der Waals surface area contributed by atoms with E-state index >= 15 is 0 Å². The van der Waals surface area contributed by atoms with Crippen LogP contribution in [-0.4, -0.2) is 185 Å². The molecule has 0 amide bonds. The molecule has 14 aromatic heterocycles. The Morgan fingerprint density at radius 3 is 1.28 bits per heavy atom. The summed E-state index contributed by atoms with van der Waals surface area (Å²) in [5.41, 5.74) is 40.0. The molecule has 0 unspecified atom stereocenters. The molecule has 15 heterocycles. The Hall–Kier alpha value is -13.1. The van der Waals surface area contributed by atoms with Gasteiger partial charge in [-0.25, -0.2) is 39.9 Å². The van der Waals surface area contributed by atoms with E-state index in [0.29, 0.717) is 81.8 Å². The summed E-state index contributed by atoms with van der Waals surface area (Å²) in [5.74, 6) is 3.66. The van der Waals surface area contributed by atoms with E-state index in [1.54, 1.807) is 59.1 Å². The Morgan fingerprint density at radius 1 is 0.458 bits per heavy atom. The van der Waals surface area contributed by atoms with Crippen molar-refractivity contribution in [1.29, 1.82) is 0 Å². The molecule has 142 heavy (non-hydrogen) atoms. The van der Waals surface area contributed by atoms with Crippen LogP contribution in [0.25, 0.3) is 66.2 Å². The molecule has 0 spiro atoms. The van der Waals surface area contributed by atoms with E-state index in [-0.39, 0.29) is 40.2 Å². The lowest BCUT2D eigenvalue weighted by atomic mass is 10.2. The number of carbonyl (C=O) groups is 1. The molecule has 14 aromatic rings. The normalized spacial score (nSPS) is 11.6. The number of pyridine rings is 8. The first-order chi connectivity index (χ1) is 66.1. The Morgan fingerprint density at radius 2 is 0.845 bits per heavy atom. The van der Waals surface area contributed by atoms with Crippen LogP contribution in [0.2, 0.25) is 142 Å². The molecule has 0 aliphatic carbocycles. The van der Waals surface area contributed by atoms with Gasteiger partial charge in [0, 0.05) is 166 Å². The molecule has 0 radical (unpaired) electrons. The second-order valence-electron chi connectivity index (χ2n) is 40.4. The fourth-order valence-corrected chi connectivity index (χ4v) is 16.5. The van der Waals surface area contributed by atoms with Crippen molar-refractivity contribution in [2.24, 2.45) is 4.99 Å². The van der Waals surface area contributed by atoms with Gasteiger partial charge in [0.2, 0.25) is 5.91 Å². The number of aromatic nitrogens is 15. The predicted molar refractivity (Wildman–Crippen MR) is 590 cm³/mol. The highest BCUT2D eigenvalue weighted by Gasteiger charge is 2.24. The first-order valence-electron chi connectivity index (χ1n) is 45.5. The number of aliphatic imine (C=N–C) groups is 1. The quantitative estimate of drug-likeness (QED) is 0.00886. The largest absolute Gasteiger partial charge is 0.397 e. The van der Waals surface area contributed by atoms with Crippen LogP contribution in [0.5, 0.6) is 0 Å². The molecule has 0 atom stereocenters. The average Bonchev–Trinajstić information content (AvgIpc) is 1.63. The summed E-state index contributed by atoms with van der Waals surface area (Å²) in [6.45, 7) is 58.2. The number of nitrogens with one attached hydrogen (secondary N) is 1. The zero-order valence-corrected chi connectivity index (χ0v) is 93.8. The van der Waals surface area contributed by atoms with Gasteiger partial charge in [-0.3, -0.25) is 60.4 Å². The third kappa shape index (κ3) is 36.8. The van der Waals surface area contributed by atoms with E-state index in [1.807, 2.05) is 98.4 Å². The third-order valence-electron chi connectivity index (χ3n) is 20.8. The summed E-state index contributed by atoms with van der Waals surface area (Å²) in [7, 11) is -6.83. The first-order valence-corrected chi connectivity index (χ1v) is 68.4. The number of nitrogens with two attached hydrogens (primary N) is 4. The molecular formula is C95H132IN25O15Si6. The molecule has 758 valence electrons. The standard InChI is InChI=1S/C16H22N4O2Si.C15H21N3OSi.C14H21N3O3Si.C14H23N3OSi.C11H15N3O2Si.C8H7N3O2.C6H6IN3O2.C6H7N3O2.C5H10Si/c1-12(21)20-15-9-13-5-6-19(11-22-7-8-23(2,3)4)16(13)18-14(15)10-17-20;1-20(2,3)7-6-19-11-18-5-4-12-8-13-9-16-10-14(13)17-15(12)18;1-11-13(17(18)19)9-12-5-6-16(14(12)15-11)10-20-7-8-21(2,3)4;1-11-13(15)9-12-5-6-17(14(12)16-11)10-18-7-8-19(2,3)4;1-8-10(14(15)16)7-9(11(12)13-8)5-6-17(2,3)4;1-5-7(11(12)13)4-6-2-3-9-8(6)10-5;1-3-5(10(11)12)2-4(7)6(8)9-3;1-4-5(9(10)11)2-3-6(7)8-4;1-5-6(2,3)4/h5-6,9-10H,7-8,11H2,1-4H3;4-5,8,10H,6-7,9,11H2,1-3H3;5-6,9H,7-8,10H2,1-4H3;5-6,9H,7-8,10,15H2,1-4H3;7H,1-4H3,(H2,12,13);2-4H,1H3,(H,9,10);2H,1H3,(H2,8,9);2-3H,1H3,(H2,7,8);1H,2-4H3. The van der Waals surface area contributed by atoms with Crippen LogP contribution in [-0.2, 0) is 52.4 Å². The van der Waals surface area contributed by atoms with Crippen LogP contribution >= 0.6 is 22.6 Å². The number of nitrogens with zero attached hydrogens (tertiary/aromatic N) is 20. The number of rotatable bonds is 25. The number of carbonyl (C=O) groups excluding carboxylic acids is 1. The van der Waals surface area contributed by atoms with Gasteiger partial charge >= 0.3 is 0 Å². The van der Waals surface area contributed by atoms with Crippen molar-refractivity contribution in [3.8, 4) is 23.4 Å². The summed E-state index contributed by atoms with van der Waals surface area (Å²) in [6, 6.07) is 29.1. The number of anilines is 4. The summed E-state index contributed by atoms with van der Waals surface area (Å²) in [4.78, 5) is 103. The third-order valence-corrected chi connectivity index (χ3v) is 30.2. The lowest BCUT2D eigenvalue weighted by molar-refractivity contribution is -0.385. The molecule has 47 heteroatoms. The zero-order valence-electron chi connectivity index (χ0n) is 85.6. The molecule has 1 aliphatic heterocycles. The van der Waals surface area contributed by atoms with Crippen molar-refractivity contribution in [2.45, 2.75) is 224 Å². The lowest BCUT2D eigenvalue weighted by Gasteiger charge is -2.15. The van der Waals surface area contributed by atoms with Crippen molar-refractivity contribution < 1.29 is 48.4 Å². The number of aromatic amines is 1. The van der Waals surface area contributed by atoms with Gasteiger partial charge in [-0.05, 0) is 143 Å². The SMILES string of the molecule is C#C[Si](C)(C)C.CC(=O)n1ncc2nc3c(ccn3COCC[Si](C)(C)C)cc21.C[Si](C)(C)CCOCn1ccc2cc3c(nc21)C=NC3.Cc1nc(N)c(C#C[Si](C)(C)C)cc1[N+](=O)[O-].Cc1nc(N)c(I)cc1[N+](=O)[O-].Cc1nc(N)ccc1[N+](=O)[O-].Cc1nc2[nH]ccc2cc1[N+](=O)[O-].Cc1nc2c(ccn2COCC[Si](C)(C)C)cc1N.Cc1nc2c(ccn2COCC[Si](C)(C)C)cc1[N+](=O)[O-]. The highest BCUT2D eigenvalue weighted by Crippen LogP contribution is 2.30. The average molecular weight is 2160 g/mol. The number of aryl methyl sites for hydroxylation is 6. The van der Waals surface area contributed by atoms with Crippen molar-refractivity contribution in [1.82, 2.24) is 72.9 Å². The van der Waals surface area contributed by atoms with Gasteiger partial charge < -0.3 is 65.1 Å². The number of H-pyrrole nitrogens is 1. The maximum atomic E-state index is 11.6. The maximum Gasteiger partial charge on any atom is 0.291 e. The van der Waals surface area contributed by atoms with Crippen molar-refractivity contribution in [2.75, 3.05) is 49.4 Å². The Bertz CT molecular complexity index is 6980. The van der Waals surface area contributed by atoms with Gasteiger partial charge in [0.05, 0.1) is 69.1 Å². The summed E-state index contributed by atoms with van der Waals surface area (Å²) in [5, 5.41) is 61.7. The minimum Gasteiger partial charge on any atom is -0.397 e.